The van der Waals surface area contributed by atoms with Gasteiger partial charge < -0.3 is 9.32 Å². The minimum atomic E-state index is 0.106. The van der Waals surface area contributed by atoms with E-state index in [1.807, 2.05) is 12.1 Å². The van der Waals surface area contributed by atoms with Gasteiger partial charge in [-0.15, -0.1) is 0 Å². The van der Waals surface area contributed by atoms with Crippen molar-refractivity contribution >= 4 is 33.6 Å². The lowest BCUT2D eigenvalue weighted by molar-refractivity contribution is 0.642. The number of aromatic nitrogens is 2. The van der Waals surface area contributed by atoms with Gasteiger partial charge in [0.25, 0.3) is 0 Å². The summed E-state index contributed by atoms with van der Waals surface area (Å²) in [6, 6.07) is 32.3. The smallest absolute Gasteiger partial charge is 0.231 e. The van der Waals surface area contributed by atoms with Crippen molar-refractivity contribution in [3.8, 4) is 22.5 Å². The van der Waals surface area contributed by atoms with E-state index in [1.54, 1.807) is 0 Å². The predicted octanol–water partition coefficient (Wildman–Crippen LogP) is 9.07. The van der Waals surface area contributed by atoms with Crippen LogP contribution >= 0.6 is 0 Å². The Morgan fingerprint density at radius 2 is 1.31 bits per heavy atom. The van der Waals surface area contributed by atoms with Gasteiger partial charge in [0.2, 0.25) is 5.95 Å². The number of hydrogen-bond donors (Lipinski definition) is 0. The fourth-order valence-corrected chi connectivity index (χ4v) is 7.44. The summed E-state index contributed by atoms with van der Waals surface area (Å²) in [4.78, 5) is 12.9. The highest BCUT2D eigenvalue weighted by molar-refractivity contribution is 6.09. The van der Waals surface area contributed by atoms with E-state index in [9.17, 15) is 0 Å². The quantitative estimate of drug-likeness (QED) is 0.224. The monoisotopic (exact) mass is 541 g/mol. The largest absolute Gasteiger partial charge is 0.456 e. The van der Waals surface area contributed by atoms with Crippen molar-refractivity contribution in [1.82, 2.24) is 9.97 Å². The first-order valence-corrected chi connectivity index (χ1v) is 15.0. The standard InChI is InChI=1S/C38H27N3O/c1-3-7-22(8-4-1)31-21-32(23-9-5-2-6-10-23)40-38(39-31)41-33-16-15-28-29-17-24-12-14-27(24)20-35(29)42-37(28)36(33)30-18-25-11-13-26(25)19-34(30)41/h1-10,15-21,30,34H,11-14H2. The van der Waals surface area contributed by atoms with E-state index in [0.29, 0.717) is 0 Å². The Hall–Kier alpha value is -4.96. The summed E-state index contributed by atoms with van der Waals surface area (Å²) in [5.41, 5.74) is 14.3. The fraction of sp³-hybridized carbons (Fsp3) is 0.158. The lowest BCUT2D eigenvalue weighted by atomic mass is 9.75. The van der Waals surface area contributed by atoms with E-state index in [4.69, 9.17) is 14.4 Å². The lowest BCUT2D eigenvalue weighted by Gasteiger charge is -2.34. The zero-order valence-electron chi connectivity index (χ0n) is 23.0. The van der Waals surface area contributed by atoms with Crippen LogP contribution in [0.1, 0.15) is 35.4 Å². The van der Waals surface area contributed by atoms with Crippen molar-refractivity contribution in [2.45, 2.75) is 37.6 Å². The van der Waals surface area contributed by atoms with E-state index in [2.05, 4.69) is 95.9 Å². The van der Waals surface area contributed by atoms with Crippen LogP contribution in [-0.4, -0.2) is 16.0 Å². The van der Waals surface area contributed by atoms with Gasteiger partial charge >= 0.3 is 0 Å². The zero-order valence-corrected chi connectivity index (χ0v) is 23.0. The summed E-state index contributed by atoms with van der Waals surface area (Å²) in [6.07, 6.45) is 9.60. The van der Waals surface area contributed by atoms with Gasteiger partial charge in [-0.1, -0.05) is 72.8 Å². The van der Waals surface area contributed by atoms with Crippen molar-refractivity contribution in [1.29, 1.82) is 0 Å². The van der Waals surface area contributed by atoms with Crippen molar-refractivity contribution in [3.63, 3.8) is 0 Å². The minimum Gasteiger partial charge on any atom is -0.456 e. The summed E-state index contributed by atoms with van der Waals surface area (Å²) in [6.45, 7) is 0. The predicted molar refractivity (Wildman–Crippen MR) is 168 cm³/mol. The van der Waals surface area contributed by atoms with Crippen LogP contribution in [0.25, 0.3) is 44.5 Å². The molecule has 0 spiro atoms. The van der Waals surface area contributed by atoms with Gasteiger partial charge in [-0.25, -0.2) is 9.97 Å². The minimum absolute atomic E-state index is 0.106. The zero-order chi connectivity index (χ0) is 27.4. The Balaban J connectivity index is 1.23. The molecule has 4 aliphatic rings. The molecule has 2 atom stereocenters. The van der Waals surface area contributed by atoms with Crippen molar-refractivity contribution < 1.29 is 4.42 Å². The van der Waals surface area contributed by atoms with Gasteiger partial charge in [-0.2, -0.15) is 0 Å². The highest BCUT2D eigenvalue weighted by Gasteiger charge is 2.44. The Bertz CT molecular complexity index is 2100. The molecule has 1 aliphatic heterocycles. The summed E-state index contributed by atoms with van der Waals surface area (Å²) in [5, 5.41) is 2.45. The fourth-order valence-electron chi connectivity index (χ4n) is 7.44. The second kappa shape index (κ2) is 8.29. The summed E-state index contributed by atoms with van der Waals surface area (Å²) in [5.74, 6) is 0.923. The van der Waals surface area contributed by atoms with E-state index in [-0.39, 0.29) is 12.0 Å². The molecule has 0 bridgehead atoms. The summed E-state index contributed by atoms with van der Waals surface area (Å²) < 4.78 is 6.75. The third-order valence-electron chi connectivity index (χ3n) is 9.80. The van der Waals surface area contributed by atoms with E-state index < -0.39 is 0 Å². The number of rotatable bonds is 3. The first-order chi connectivity index (χ1) is 20.8. The highest BCUT2D eigenvalue weighted by atomic mass is 16.3. The Morgan fingerprint density at radius 3 is 1.98 bits per heavy atom. The number of allylic oxidation sites excluding steroid dienone is 2. The van der Waals surface area contributed by atoms with E-state index in [0.717, 1.165) is 64.6 Å². The lowest BCUT2D eigenvalue weighted by Crippen LogP contribution is -2.32. The summed E-state index contributed by atoms with van der Waals surface area (Å²) in [7, 11) is 0. The molecule has 0 N–H and O–H groups in total. The van der Waals surface area contributed by atoms with Crippen LogP contribution in [0.3, 0.4) is 0 Å². The number of nitrogens with zero attached hydrogens (tertiary/aromatic N) is 3. The van der Waals surface area contributed by atoms with Gasteiger partial charge in [-0.3, -0.25) is 0 Å². The molecule has 2 aromatic heterocycles. The van der Waals surface area contributed by atoms with Crippen LogP contribution in [0.4, 0.5) is 11.6 Å². The van der Waals surface area contributed by atoms with Gasteiger partial charge in [-0.05, 0) is 78.3 Å². The van der Waals surface area contributed by atoms with Crippen molar-refractivity contribution in [2.24, 2.45) is 0 Å². The molecule has 1 fully saturated rings. The number of aryl methyl sites for hydroxylation is 2. The molecule has 4 heteroatoms. The van der Waals surface area contributed by atoms with Crippen LogP contribution in [0.2, 0.25) is 0 Å². The van der Waals surface area contributed by atoms with Gasteiger partial charge in [0.15, 0.2) is 0 Å². The number of fused-ring (bicyclic) bond motifs is 9. The van der Waals surface area contributed by atoms with Crippen LogP contribution in [-0.2, 0) is 12.8 Å². The van der Waals surface area contributed by atoms with Crippen LogP contribution in [0.5, 0.6) is 0 Å². The second-order valence-corrected chi connectivity index (χ2v) is 12.0. The molecular weight excluding hydrogens is 514 g/mol. The third-order valence-corrected chi connectivity index (χ3v) is 9.80. The van der Waals surface area contributed by atoms with E-state index >= 15 is 0 Å². The maximum absolute atomic E-state index is 6.75. The molecule has 10 rings (SSSR count). The maximum Gasteiger partial charge on any atom is 0.231 e. The number of furan rings is 1. The molecule has 0 radical (unpaired) electrons. The van der Waals surface area contributed by atoms with Gasteiger partial charge in [0.05, 0.1) is 23.1 Å². The molecule has 6 aromatic rings. The molecule has 0 saturated heterocycles. The Labute approximate surface area is 243 Å². The maximum atomic E-state index is 6.75. The van der Waals surface area contributed by atoms with E-state index in [1.165, 1.54) is 45.0 Å². The Morgan fingerprint density at radius 1 is 0.643 bits per heavy atom. The topological polar surface area (TPSA) is 42.2 Å². The van der Waals surface area contributed by atoms with Gasteiger partial charge in [0.1, 0.15) is 11.2 Å². The molecule has 3 heterocycles. The van der Waals surface area contributed by atoms with Crippen LogP contribution in [0, 0.1) is 0 Å². The molecule has 4 aromatic carbocycles. The van der Waals surface area contributed by atoms with Crippen LogP contribution < -0.4 is 4.90 Å². The Kier molecular flexibility index (Phi) is 4.48. The highest BCUT2D eigenvalue weighted by Crippen LogP contribution is 2.55. The molecule has 200 valence electrons. The molecular formula is C38H27N3O. The van der Waals surface area contributed by atoms with Crippen LogP contribution in [0.15, 0.2) is 119 Å². The first-order valence-electron chi connectivity index (χ1n) is 15.0. The number of hydrogen-bond acceptors (Lipinski definition) is 4. The first kappa shape index (κ1) is 22.7. The molecule has 1 saturated carbocycles. The molecule has 3 aliphatic carbocycles. The SMILES string of the molecule is C1=C2CCC2=CC2C1c1c(ccc3c1oc1cc4c(cc13)CC4)N2c1nc(-c2ccccc2)cc(-c2ccccc2)n1. The molecule has 0 amide bonds. The van der Waals surface area contributed by atoms with Crippen molar-refractivity contribution in [2.75, 3.05) is 4.90 Å². The third kappa shape index (κ3) is 3.12. The molecule has 4 nitrogen and oxygen atoms in total. The average Bonchev–Trinajstić information content (AvgIpc) is 3.54. The summed E-state index contributed by atoms with van der Waals surface area (Å²) >= 11 is 0. The normalized spacial score (nSPS) is 19.8. The molecule has 42 heavy (non-hydrogen) atoms. The van der Waals surface area contributed by atoms with Gasteiger partial charge in [0, 0.05) is 33.4 Å². The number of benzene rings is 4. The molecule has 2 unspecified atom stereocenters. The number of anilines is 2. The second-order valence-electron chi connectivity index (χ2n) is 12.0. The van der Waals surface area contributed by atoms with Crippen molar-refractivity contribution in [3.05, 3.63) is 131 Å². The average molecular weight is 542 g/mol.